The standard InChI is InChI=1S/C19H23BrN2O3/c1-18(2)9-13(10-19(3,4)22-18)21-16(23)14-8-11-7-12(20)5-6-15(11)25-17(14)24/h5-8,13,22H,9-10H2,1-4H3,(H,21,23). The first kappa shape index (κ1) is 18.1. The van der Waals surface area contributed by atoms with Crippen LogP contribution < -0.4 is 16.3 Å². The van der Waals surface area contributed by atoms with Crippen LogP contribution in [0.25, 0.3) is 11.0 Å². The van der Waals surface area contributed by atoms with E-state index < -0.39 is 5.63 Å². The van der Waals surface area contributed by atoms with Crippen LogP contribution in [0.3, 0.4) is 0 Å². The van der Waals surface area contributed by atoms with Gasteiger partial charge in [0.25, 0.3) is 5.91 Å². The van der Waals surface area contributed by atoms with Gasteiger partial charge in [0.15, 0.2) is 0 Å². The van der Waals surface area contributed by atoms with Crippen molar-refractivity contribution in [3.05, 3.63) is 44.7 Å². The maximum absolute atomic E-state index is 12.7. The zero-order valence-electron chi connectivity index (χ0n) is 14.9. The molecule has 1 fully saturated rings. The Hall–Kier alpha value is -1.66. The summed E-state index contributed by atoms with van der Waals surface area (Å²) < 4.78 is 6.15. The Kier molecular flexibility index (Phi) is 4.54. The predicted molar refractivity (Wildman–Crippen MR) is 102 cm³/mol. The van der Waals surface area contributed by atoms with Crippen LogP contribution >= 0.6 is 15.9 Å². The average Bonchev–Trinajstić information content (AvgIpc) is 2.43. The van der Waals surface area contributed by atoms with E-state index >= 15 is 0 Å². The summed E-state index contributed by atoms with van der Waals surface area (Å²) in [7, 11) is 0. The second-order valence-corrected chi connectivity index (χ2v) is 9.02. The molecule has 0 radical (unpaired) electrons. The minimum atomic E-state index is -0.611. The highest BCUT2D eigenvalue weighted by molar-refractivity contribution is 9.10. The quantitative estimate of drug-likeness (QED) is 0.747. The third-order valence-electron chi connectivity index (χ3n) is 4.46. The molecule has 3 rings (SSSR count). The van der Waals surface area contributed by atoms with E-state index in [2.05, 4.69) is 54.3 Å². The zero-order chi connectivity index (χ0) is 18.4. The van der Waals surface area contributed by atoms with E-state index in [1.807, 2.05) is 6.07 Å². The average molecular weight is 407 g/mol. The molecule has 1 aromatic carbocycles. The molecule has 1 aliphatic rings. The van der Waals surface area contributed by atoms with Crippen molar-refractivity contribution in [2.45, 2.75) is 57.7 Å². The van der Waals surface area contributed by atoms with Crippen LogP contribution in [0, 0.1) is 0 Å². The molecule has 0 spiro atoms. The fourth-order valence-corrected chi connectivity index (χ4v) is 4.32. The fraction of sp³-hybridized carbons (Fsp3) is 0.474. The summed E-state index contributed by atoms with van der Waals surface area (Å²) in [6.45, 7) is 8.48. The number of fused-ring (bicyclic) bond motifs is 1. The van der Waals surface area contributed by atoms with Crippen LogP contribution in [0.15, 0.2) is 37.9 Å². The lowest BCUT2D eigenvalue weighted by Crippen LogP contribution is -2.62. The number of piperidine rings is 1. The molecule has 25 heavy (non-hydrogen) atoms. The number of hydrogen-bond donors (Lipinski definition) is 2. The van der Waals surface area contributed by atoms with Crippen molar-refractivity contribution in [2.75, 3.05) is 0 Å². The smallest absolute Gasteiger partial charge is 0.349 e. The van der Waals surface area contributed by atoms with E-state index in [1.54, 1.807) is 18.2 Å². The van der Waals surface area contributed by atoms with Gasteiger partial charge in [-0.2, -0.15) is 0 Å². The molecular formula is C19H23BrN2O3. The van der Waals surface area contributed by atoms with E-state index in [9.17, 15) is 9.59 Å². The van der Waals surface area contributed by atoms with E-state index in [-0.39, 0.29) is 28.6 Å². The van der Waals surface area contributed by atoms with Crippen molar-refractivity contribution >= 4 is 32.8 Å². The third kappa shape index (κ3) is 4.12. The number of amides is 1. The van der Waals surface area contributed by atoms with Crippen LogP contribution in [-0.4, -0.2) is 23.0 Å². The maximum atomic E-state index is 12.7. The van der Waals surface area contributed by atoms with Gasteiger partial charge in [-0.15, -0.1) is 0 Å². The Morgan fingerprint density at radius 1 is 1.20 bits per heavy atom. The van der Waals surface area contributed by atoms with Gasteiger partial charge in [-0.1, -0.05) is 15.9 Å². The third-order valence-corrected chi connectivity index (χ3v) is 4.96. The summed E-state index contributed by atoms with van der Waals surface area (Å²) in [6, 6.07) is 6.92. The zero-order valence-corrected chi connectivity index (χ0v) is 16.5. The number of hydrogen-bond acceptors (Lipinski definition) is 4. The lowest BCUT2D eigenvalue weighted by Gasteiger charge is -2.46. The molecule has 6 heteroatoms. The summed E-state index contributed by atoms with van der Waals surface area (Å²) in [5, 5.41) is 7.31. The van der Waals surface area contributed by atoms with Crippen LogP contribution in [0.1, 0.15) is 50.9 Å². The summed E-state index contributed by atoms with van der Waals surface area (Å²) in [6.07, 6.45) is 1.60. The van der Waals surface area contributed by atoms with Gasteiger partial charge in [-0.3, -0.25) is 4.79 Å². The molecule has 0 unspecified atom stereocenters. The predicted octanol–water partition coefficient (Wildman–Crippen LogP) is 3.59. The number of rotatable bonds is 2. The summed E-state index contributed by atoms with van der Waals surface area (Å²) in [4.78, 5) is 24.9. The molecule has 5 nitrogen and oxygen atoms in total. The minimum absolute atomic E-state index is 0.00337. The highest BCUT2D eigenvalue weighted by Gasteiger charge is 2.38. The number of benzene rings is 1. The van der Waals surface area contributed by atoms with Gasteiger partial charge < -0.3 is 15.1 Å². The Bertz CT molecular complexity index is 870. The molecule has 2 aromatic rings. The van der Waals surface area contributed by atoms with Crippen LogP contribution in [0.4, 0.5) is 0 Å². The van der Waals surface area contributed by atoms with E-state index in [0.29, 0.717) is 11.0 Å². The van der Waals surface area contributed by atoms with Gasteiger partial charge in [-0.05, 0) is 64.8 Å². The van der Waals surface area contributed by atoms with E-state index in [1.165, 1.54) is 0 Å². The normalized spacial score (nSPS) is 19.7. The van der Waals surface area contributed by atoms with Crippen molar-refractivity contribution in [3.8, 4) is 0 Å². The summed E-state index contributed by atoms with van der Waals surface area (Å²) in [5.74, 6) is -0.380. The van der Waals surface area contributed by atoms with Gasteiger partial charge in [0.05, 0.1) is 0 Å². The largest absolute Gasteiger partial charge is 0.422 e. The van der Waals surface area contributed by atoms with Gasteiger partial charge in [0, 0.05) is 27.0 Å². The Labute approximate surface area is 155 Å². The van der Waals surface area contributed by atoms with Gasteiger partial charge in [0.2, 0.25) is 0 Å². The Morgan fingerprint density at radius 2 is 1.84 bits per heavy atom. The highest BCUT2D eigenvalue weighted by Crippen LogP contribution is 2.28. The Morgan fingerprint density at radius 3 is 2.48 bits per heavy atom. The number of halogens is 1. The first-order valence-electron chi connectivity index (χ1n) is 8.38. The topological polar surface area (TPSA) is 71.3 Å². The first-order valence-corrected chi connectivity index (χ1v) is 9.18. The molecule has 1 aliphatic heterocycles. The molecule has 0 saturated carbocycles. The van der Waals surface area contributed by atoms with Crippen molar-refractivity contribution in [1.29, 1.82) is 0 Å². The molecule has 1 saturated heterocycles. The molecule has 0 bridgehead atoms. The number of carbonyl (C=O) groups excluding carboxylic acids is 1. The summed E-state index contributed by atoms with van der Waals surface area (Å²) >= 11 is 3.39. The van der Waals surface area contributed by atoms with E-state index in [0.717, 1.165) is 17.3 Å². The molecule has 1 amide bonds. The molecule has 1 aromatic heterocycles. The van der Waals surface area contributed by atoms with Crippen LogP contribution in [0.2, 0.25) is 0 Å². The maximum Gasteiger partial charge on any atom is 0.349 e. The molecule has 134 valence electrons. The lowest BCUT2D eigenvalue weighted by molar-refractivity contribution is 0.0870. The summed E-state index contributed by atoms with van der Waals surface area (Å²) in [5.41, 5.74) is -0.273. The van der Waals surface area contributed by atoms with Gasteiger partial charge >= 0.3 is 5.63 Å². The van der Waals surface area contributed by atoms with Crippen LogP contribution in [-0.2, 0) is 0 Å². The minimum Gasteiger partial charge on any atom is -0.422 e. The van der Waals surface area contributed by atoms with Gasteiger partial charge in [-0.25, -0.2) is 4.79 Å². The molecule has 2 N–H and O–H groups in total. The lowest BCUT2D eigenvalue weighted by atomic mass is 9.79. The number of carbonyl (C=O) groups is 1. The second kappa shape index (κ2) is 6.25. The Balaban J connectivity index is 1.87. The van der Waals surface area contributed by atoms with E-state index in [4.69, 9.17) is 4.42 Å². The SMILES string of the molecule is CC1(C)CC(NC(=O)c2cc3cc(Br)ccc3oc2=O)CC(C)(C)N1. The number of nitrogens with one attached hydrogen (secondary N) is 2. The molecule has 2 heterocycles. The molecular weight excluding hydrogens is 384 g/mol. The molecule has 0 aliphatic carbocycles. The molecule has 0 atom stereocenters. The monoisotopic (exact) mass is 406 g/mol. The van der Waals surface area contributed by atoms with Crippen molar-refractivity contribution in [1.82, 2.24) is 10.6 Å². The first-order chi connectivity index (χ1) is 11.5. The van der Waals surface area contributed by atoms with Crippen molar-refractivity contribution in [2.24, 2.45) is 0 Å². The highest BCUT2D eigenvalue weighted by atomic mass is 79.9. The van der Waals surface area contributed by atoms with Crippen LogP contribution in [0.5, 0.6) is 0 Å². The van der Waals surface area contributed by atoms with Gasteiger partial charge in [0.1, 0.15) is 11.1 Å². The van der Waals surface area contributed by atoms with Crippen molar-refractivity contribution < 1.29 is 9.21 Å². The fourth-order valence-electron chi connectivity index (χ4n) is 3.94. The van der Waals surface area contributed by atoms with Crippen molar-refractivity contribution in [3.63, 3.8) is 0 Å². The second-order valence-electron chi connectivity index (χ2n) is 8.10.